The predicted molar refractivity (Wildman–Crippen MR) is 125 cm³/mol. The third-order valence-corrected chi connectivity index (χ3v) is 6.39. The first kappa shape index (κ1) is 22.1. The first-order chi connectivity index (χ1) is 15.7. The van der Waals surface area contributed by atoms with E-state index in [4.69, 9.17) is 4.74 Å². The van der Waals surface area contributed by atoms with Gasteiger partial charge >= 0.3 is 0 Å². The van der Waals surface area contributed by atoms with E-state index in [1.807, 2.05) is 41.3 Å². The molecule has 0 saturated carbocycles. The minimum absolute atomic E-state index is 0.00555. The van der Waals surface area contributed by atoms with Crippen LogP contribution in [-0.2, 0) is 9.53 Å². The summed E-state index contributed by atoms with van der Waals surface area (Å²) in [5.74, 6) is -0.287. The molecule has 1 saturated heterocycles. The largest absolute Gasteiger partial charge is 0.507 e. The van der Waals surface area contributed by atoms with Gasteiger partial charge in [0, 0.05) is 18.5 Å². The number of carbonyl (C=O) groups is 1. The molecule has 2 heterocycles. The summed E-state index contributed by atoms with van der Waals surface area (Å²) >= 11 is 0. The Bertz CT molecular complexity index is 931. The van der Waals surface area contributed by atoms with Crippen molar-refractivity contribution in [3.8, 4) is 0 Å². The Hall–Kier alpha value is -3.12. The molecule has 2 aliphatic heterocycles. The zero-order chi connectivity index (χ0) is 22.5. The Labute approximate surface area is 189 Å². The topological polar surface area (TPSA) is 65.4 Å². The highest BCUT2D eigenvalue weighted by Gasteiger charge is 2.44. The number of aliphatic hydroxyl groups excluding tert-OH is 1. The Morgan fingerprint density at radius 1 is 1.03 bits per heavy atom. The van der Waals surface area contributed by atoms with E-state index in [9.17, 15) is 9.90 Å². The zero-order valence-electron chi connectivity index (χ0n) is 18.7. The summed E-state index contributed by atoms with van der Waals surface area (Å²) in [7, 11) is 0. The van der Waals surface area contributed by atoms with E-state index in [0.29, 0.717) is 6.54 Å². The van der Waals surface area contributed by atoms with Crippen molar-refractivity contribution in [1.82, 2.24) is 9.91 Å². The zero-order valence-corrected chi connectivity index (χ0v) is 18.7. The van der Waals surface area contributed by atoms with Gasteiger partial charge in [-0.05, 0) is 24.0 Å². The lowest BCUT2D eigenvalue weighted by Gasteiger charge is -2.47. The molecule has 1 fully saturated rings. The highest BCUT2D eigenvalue weighted by molar-refractivity contribution is 5.94. The van der Waals surface area contributed by atoms with Gasteiger partial charge in [0.2, 0.25) is 0 Å². The number of nitrogens with zero attached hydrogens (tertiary/aromatic N) is 3. The van der Waals surface area contributed by atoms with Gasteiger partial charge < -0.3 is 14.7 Å². The van der Waals surface area contributed by atoms with Crippen LogP contribution in [0.4, 0.5) is 0 Å². The van der Waals surface area contributed by atoms with Crippen LogP contribution in [-0.4, -0.2) is 59.0 Å². The fourth-order valence-electron chi connectivity index (χ4n) is 4.81. The Morgan fingerprint density at radius 3 is 2.19 bits per heavy atom. The standard InChI is InChI=1S/C26H31N3O3/c1-3-21(4-2)28-17-22(29-25(26(28)31)23(30)18-32-16-15-27-29)24(19-11-7-5-8-12-19)20-13-9-6-10-14-20/h5-15,21-22,24,30H,3-4,16-18H2,1-2H3/b25-23+,27-15-. The first-order valence-corrected chi connectivity index (χ1v) is 11.4. The van der Waals surface area contributed by atoms with E-state index in [2.05, 4.69) is 43.2 Å². The Kier molecular flexibility index (Phi) is 6.90. The quantitative estimate of drug-likeness (QED) is 0.738. The lowest BCUT2D eigenvalue weighted by Crippen LogP contribution is -2.58. The molecule has 6 heteroatoms. The second kappa shape index (κ2) is 10.0. The molecule has 0 aromatic heterocycles. The van der Waals surface area contributed by atoms with Crippen LogP contribution in [0.2, 0.25) is 0 Å². The summed E-state index contributed by atoms with van der Waals surface area (Å²) in [5.41, 5.74) is 2.52. The summed E-state index contributed by atoms with van der Waals surface area (Å²) in [6.07, 6.45) is 3.38. The molecule has 2 aromatic rings. The van der Waals surface area contributed by atoms with Crippen LogP contribution in [0.15, 0.2) is 77.2 Å². The van der Waals surface area contributed by atoms with Crippen LogP contribution in [0, 0.1) is 0 Å². The van der Waals surface area contributed by atoms with E-state index in [0.717, 1.165) is 24.0 Å². The van der Waals surface area contributed by atoms with Crippen molar-refractivity contribution in [2.24, 2.45) is 5.10 Å². The van der Waals surface area contributed by atoms with Crippen LogP contribution in [0.5, 0.6) is 0 Å². The molecule has 6 nitrogen and oxygen atoms in total. The Morgan fingerprint density at radius 2 is 1.62 bits per heavy atom. The van der Waals surface area contributed by atoms with Crippen LogP contribution in [0.1, 0.15) is 43.7 Å². The third-order valence-electron chi connectivity index (χ3n) is 6.39. The van der Waals surface area contributed by atoms with Gasteiger partial charge in [0.15, 0.2) is 5.70 Å². The summed E-state index contributed by atoms with van der Waals surface area (Å²) in [6.45, 7) is 5.00. The number of fused-ring (bicyclic) bond motifs is 1. The van der Waals surface area contributed by atoms with Gasteiger partial charge in [-0.3, -0.25) is 9.80 Å². The maximum Gasteiger partial charge on any atom is 0.275 e. The summed E-state index contributed by atoms with van der Waals surface area (Å²) in [4.78, 5) is 15.5. The maximum absolute atomic E-state index is 13.6. The lowest BCUT2D eigenvalue weighted by atomic mass is 9.83. The van der Waals surface area contributed by atoms with E-state index in [1.54, 1.807) is 11.2 Å². The number of hydrazone groups is 1. The van der Waals surface area contributed by atoms with Crippen molar-refractivity contribution in [2.75, 3.05) is 19.8 Å². The fourth-order valence-corrected chi connectivity index (χ4v) is 4.81. The molecule has 1 N–H and O–H groups in total. The normalized spacial score (nSPS) is 22.6. The highest BCUT2D eigenvalue weighted by Crippen LogP contribution is 2.38. The second-order valence-electron chi connectivity index (χ2n) is 8.25. The Balaban J connectivity index is 1.88. The van der Waals surface area contributed by atoms with Crippen molar-refractivity contribution < 1.29 is 14.6 Å². The van der Waals surface area contributed by atoms with Gasteiger partial charge in [0.05, 0.1) is 18.9 Å². The van der Waals surface area contributed by atoms with Gasteiger partial charge in [-0.25, -0.2) is 0 Å². The van der Waals surface area contributed by atoms with Crippen LogP contribution in [0.3, 0.4) is 0 Å². The number of piperazine rings is 1. The number of aliphatic hydroxyl groups is 1. The summed E-state index contributed by atoms with van der Waals surface area (Å²) in [6, 6.07) is 20.6. The molecule has 0 aliphatic carbocycles. The van der Waals surface area contributed by atoms with Crippen LogP contribution < -0.4 is 0 Å². The average molecular weight is 434 g/mol. The van der Waals surface area contributed by atoms with Crippen molar-refractivity contribution in [2.45, 2.75) is 44.7 Å². The number of amides is 1. The van der Waals surface area contributed by atoms with Crippen LogP contribution >= 0.6 is 0 Å². The molecule has 4 rings (SSSR count). The molecular formula is C26H31N3O3. The van der Waals surface area contributed by atoms with Crippen molar-refractivity contribution in [3.05, 3.63) is 83.2 Å². The number of carbonyl (C=O) groups excluding carboxylic acids is 1. The van der Waals surface area contributed by atoms with Crippen molar-refractivity contribution in [1.29, 1.82) is 0 Å². The second-order valence-corrected chi connectivity index (χ2v) is 8.25. The predicted octanol–water partition coefficient (Wildman–Crippen LogP) is 4.31. The van der Waals surface area contributed by atoms with Gasteiger partial charge in [0.1, 0.15) is 12.4 Å². The molecule has 1 atom stereocenters. The molecule has 1 amide bonds. The monoisotopic (exact) mass is 433 g/mol. The molecule has 168 valence electrons. The smallest absolute Gasteiger partial charge is 0.275 e. The molecule has 32 heavy (non-hydrogen) atoms. The number of ether oxygens (including phenoxy) is 1. The van der Waals surface area contributed by atoms with Gasteiger partial charge in [-0.15, -0.1) is 0 Å². The number of benzene rings is 2. The number of hydrogen-bond donors (Lipinski definition) is 1. The molecule has 2 aliphatic rings. The first-order valence-electron chi connectivity index (χ1n) is 11.4. The fraction of sp³-hybridized carbons (Fsp3) is 0.385. The molecule has 0 radical (unpaired) electrons. The molecule has 2 aromatic carbocycles. The van der Waals surface area contributed by atoms with Gasteiger partial charge in [-0.1, -0.05) is 74.5 Å². The van der Waals surface area contributed by atoms with Gasteiger partial charge in [0.25, 0.3) is 5.91 Å². The van der Waals surface area contributed by atoms with E-state index in [1.165, 1.54) is 0 Å². The van der Waals surface area contributed by atoms with Gasteiger partial charge in [-0.2, -0.15) is 5.10 Å². The molecule has 0 bridgehead atoms. The van der Waals surface area contributed by atoms with Crippen LogP contribution in [0.25, 0.3) is 0 Å². The summed E-state index contributed by atoms with van der Waals surface area (Å²) in [5, 5.41) is 17.2. The van der Waals surface area contributed by atoms with E-state index < -0.39 is 0 Å². The van der Waals surface area contributed by atoms with Crippen molar-refractivity contribution in [3.63, 3.8) is 0 Å². The molecular weight excluding hydrogens is 402 g/mol. The minimum Gasteiger partial charge on any atom is -0.507 e. The third kappa shape index (κ3) is 4.28. The number of rotatable bonds is 6. The number of hydrogen-bond acceptors (Lipinski definition) is 5. The van der Waals surface area contributed by atoms with E-state index >= 15 is 0 Å². The molecule has 1 unspecified atom stereocenters. The summed E-state index contributed by atoms with van der Waals surface area (Å²) < 4.78 is 5.44. The highest BCUT2D eigenvalue weighted by atomic mass is 16.5. The average Bonchev–Trinajstić information content (AvgIpc) is 2.81. The van der Waals surface area contributed by atoms with Crippen molar-refractivity contribution >= 4 is 12.1 Å². The van der Waals surface area contributed by atoms with E-state index in [-0.39, 0.29) is 48.6 Å². The lowest BCUT2D eigenvalue weighted by molar-refractivity contribution is -0.137. The minimum atomic E-state index is -0.185. The molecule has 0 spiro atoms. The maximum atomic E-state index is 13.6. The SMILES string of the molecule is CCC(CC)N1CC(C(c2ccccc2)c2ccccc2)N2/N=C\COC/C(O)=C\2C1=O.